The van der Waals surface area contributed by atoms with Crippen LogP contribution in [0.3, 0.4) is 0 Å². The third kappa shape index (κ3) is 3.04. The van der Waals surface area contributed by atoms with Gasteiger partial charge in [0.05, 0.1) is 18.4 Å². The van der Waals surface area contributed by atoms with Crippen molar-refractivity contribution >= 4 is 23.3 Å². The molecule has 1 unspecified atom stereocenters. The van der Waals surface area contributed by atoms with Gasteiger partial charge in [0.15, 0.2) is 5.75 Å². The lowest BCUT2D eigenvalue weighted by Crippen LogP contribution is -2.38. The zero-order valence-corrected chi connectivity index (χ0v) is 11.4. The summed E-state index contributed by atoms with van der Waals surface area (Å²) >= 11 is 0. The summed E-state index contributed by atoms with van der Waals surface area (Å²) < 4.78 is 34.0. The number of alkyl halides is 2. The van der Waals surface area contributed by atoms with Gasteiger partial charge < -0.3 is 20.1 Å². The van der Waals surface area contributed by atoms with Crippen LogP contribution in [0.25, 0.3) is 0 Å². The minimum absolute atomic E-state index is 0.00366. The fourth-order valence-electron chi connectivity index (χ4n) is 2.03. The first kappa shape index (κ1) is 15.0. The van der Waals surface area contributed by atoms with Gasteiger partial charge in [-0.25, -0.2) is 4.79 Å². The third-order valence-electron chi connectivity index (χ3n) is 3.04. The molecule has 1 aliphatic rings. The van der Waals surface area contributed by atoms with Crippen molar-refractivity contribution in [2.75, 3.05) is 17.7 Å². The van der Waals surface area contributed by atoms with E-state index in [-0.39, 0.29) is 28.6 Å². The lowest BCUT2D eigenvalue weighted by molar-refractivity contribution is -0.117. The first-order valence-corrected chi connectivity index (χ1v) is 6.24. The summed E-state index contributed by atoms with van der Waals surface area (Å²) in [5.41, 5.74) is 0.418. The number of carbonyl (C=O) groups is 2. The molecule has 1 aromatic carbocycles. The van der Waals surface area contributed by atoms with Crippen LogP contribution in [0.1, 0.15) is 23.7 Å². The maximum atomic E-state index is 12.5. The van der Waals surface area contributed by atoms with Crippen molar-refractivity contribution in [3.8, 4) is 5.75 Å². The number of esters is 1. The molecular weight excluding hydrogens is 286 g/mol. The van der Waals surface area contributed by atoms with Gasteiger partial charge in [-0.3, -0.25) is 4.79 Å². The van der Waals surface area contributed by atoms with Crippen LogP contribution >= 0.6 is 0 Å². The van der Waals surface area contributed by atoms with Crippen molar-refractivity contribution in [1.82, 2.24) is 0 Å². The predicted octanol–water partition coefficient (Wildman–Crippen LogP) is 2.22. The van der Waals surface area contributed by atoms with Gasteiger partial charge in [-0.1, -0.05) is 6.92 Å². The number of methoxy groups -OCH3 is 1. The molecule has 1 heterocycles. The van der Waals surface area contributed by atoms with Crippen LogP contribution in [0.15, 0.2) is 12.1 Å². The molecule has 0 radical (unpaired) electrons. The Morgan fingerprint density at radius 3 is 2.71 bits per heavy atom. The molecule has 0 aliphatic carbocycles. The molecule has 0 aromatic heterocycles. The van der Waals surface area contributed by atoms with Gasteiger partial charge in [-0.05, 0) is 18.6 Å². The molecule has 1 aliphatic heterocycles. The van der Waals surface area contributed by atoms with Crippen LogP contribution in [0.4, 0.5) is 20.2 Å². The van der Waals surface area contributed by atoms with Crippen LogP contribution in [0, 0.1) is 0 Å². The number of anilines is 2. The summed E-state index contributed by atoms with van der Waals surface area (Å²) in [4.78, 5) is 23.3. The van der Waals surface area contributed by atoms with Crippen molar-refractivity contribution in [3.05, 3.63) is 17.7 Å². The standard InChI is InChI=1S/C13H14F2N2O4/c1-3-7-11(18)17-8-4-6(12(19)20-2)5-9(10(8)16-7)21-13(14)15/h4-5,7,13,16H,3H2,1-2H3,(H,17,18). The van der Waals surface area contributed by atoms with Crippen LogP contribution in [0.5, 0.6) is 5.75 Å². The Morgan fingerprint density at radius 2 is 2.14 bits per heavy atom. The highest BCUT2D eigenvalue weighted by Gasteiger charge is 2.28. The zero-order valence-electron chi connectivity index (χ0n) is 11.4. The van der Waals surface area contributed by atoms with Crippen molar-refractivity contribution in [3.63, 3.8) is 0 Å². The van der Waals surface area contributed by atoms with Crippen LogP contribution in [0.2, 0.25) is 0 Å². The number of hydrogen-bond donors (Lipinski definition) is 2. The summed E-state index contributed by atoms with van der Waals surface area (Å²) in [7, 11) is 1.17. The van der Waals surface area contributed by atoms with E-state index in [1.807, 2.05) is 0 Å². The van der Waals surface area contributed by atoms with Gasteiger partial charge in [0, 0.05) is 0 Å². The second-order valence-corrected chi connectivity index (χ2v) is 4.36. The molecule has 1 atom stereocenters. The Balaban J connectivity index is 2.49. The van der Waals surface area contributed by atoms with Gasteiger partial charge in [-0.2, -0.15) is 8.78 Å². The Hall–Kier alpha value is -2.38. The lowest BCUT2D eigenvalue weighted by atomic mass is 10.1. The van der Waals surface area contributed by atoms with E-state index >= 15 is 0 Å². The van der Waals surface area contributed by atoms with E-state index in [1.54, 1.807) is 6.92 Å². The zero-order chi connectivity index (χ0) is 15.6. The van der Waals surface area contributed by atoms with Gasteiger partial charge >= 0.3 is 12.6 Å². The van der Waals surface area contributed by atoms with Gasteiger partial charge in [0.1, 0.15) is 11.7 Å². The molecule has 6 nitrogen and oxygen atoms in total. The maximum Gasteiger partial charge on any atom is 0.387 e. The van der Waals surface area contributed by atoms with E-state index in [9.17, 15) is 18.4 Å². The number of hydrogen-bond acceptors (Lipinski definition) is 5. The largest absolute Gasteiger partial charge is 0.465 e. The van der Waals surface area contributed by atoms with Gasteiger partial charge in [0.2, 0.25) is 5.91 Å². The topological polar surface area (TPSA) is 76.7 Å². The Kier molecular flexibility index (Phi) is 4.25. The quantitative estimate of drug-likeness (QED) is 0.834. The molecule has 21 heavy (non-hydrogen) atoms. The van der Waals surface area contributed by atoms with Crippen molar-refractivity contribution in [2.24, 2.45) is 0 Å². The molecule has 0 bridgehead atoms. The summed E-state index contributed by atoms with van der Waals surface area (Å²) in [5.74, 6) is -1.25. The molecule has 114 valence electrons. The first-order chi connectivity index (χ1) is 9.96. The lowest BCUT2D eigenvalue weighted by Gasteiger charge is -2.28. The normalized spacial score (nSPS) is 16.8. The molecule has 2 N–H and O–H groups in total. The van der Waals surface area contributed by atoms with Crippen molar-refractivity contribution < 1.29 is 27.8 Å². The van der Waals surface area contributed by atoms with Crippen LogP contribution < -0.4 is 15.4 Å². The summed E-state index contributed by atoms with van der Waals surface area (Å²) in [6, 6.07) is 1.94. The highest BCUT2D eigenvalue weighted by Crippen LogP contribution is 2.38. The number of rotatable bonds is 4. The Labute approximate surface area is 119 Å². The molecule has 1 amide bonds. The fraction of sp³-hybridized carbons (Fsp3) is 0.385. The van der Waals surface area contributed by atoms with E-state index in [0.717, 1.165) is 6.07 Å². The minimum atomic E-state index is -3.05. The smallest absolute Gasteiger partial charge is 0.387 e. The van der Waals surface area contributed by atoms with Crippen molar-refractivity contribution in [1.29, 1.82) is 0 Å². The molecule has 2 rings (SSSR count). The summed E-state index contributed by atoms with van der Waals surface area (Å²) in [6.45, 7) is -1.28. The Bertz CT molecular complexity index is 578. The number of ether oxygens (including phenoxy) is 2. The molecule has 0 saturated heterocycles. The summed E-state index contributed by atoms with van der Waals surface area (Å²) in [6.07, 6.45) is 0.470. The SMILES string of the molecule is CCC1Nc2c(cc(C(=O)OC)cc2OC(F)F)NC1=O. The molecule has 0 fully saturated rings. The van der Waals surface area contributed by atoms with E-state index in [4.69, 9.17) is 0 Å². The fourth-order valence-corrected chi connectivity index (χ4v) is 2.03. The molecule has 8 heteroatoms. The van der Waals surface area contributed by atoms with Crippen LogP contribution in [-0.4, -0.2) is 31.6 Å². The van der Waals surface area contributed by atoms with E-state index in [1.165, 1.54) is 13.2 Å². The molecule has 0 spiro atoms. The second kappa shape index (κ2) is 5.94. The molecule has 1 aromatic rings. The minimum Gasteiger partial charge on any atom is -0.465 e. The van der Waals surface area contributed by atoms with Crippen LogP contribution in [-0.2, 0) is 9.53 Å². The second-order valence-electron chi connectivity index (χ2n) is 4.36. The predicted molar refractivity (Wildman–Crippen MR) is 70.7 cm³/mol. The Morgan fingerprint density at radius 1 is 1.43 bits per heavy atom. The third-order valence-corrected chi connectivity index (χ3v) is 3.04. The number of fused-ring (bicyclic) bond motifs is 1. The average molecular weight is 300 g/mol. The number of amides is 1. The van der Waals surface area contributed by atoms with Crippen molar-refractivity contribution in [2.45, 2.75) is 26.0 Å². The highest BCUT2D eigenvalue weighted by atomic mass is 19.3. The number of benzene rings is 1. The van der Waals surface area contributed by atoms with E-state index in [2.05, 4.69) is 20.1 Å². The number of halogens is 2. The number of nitrogens with one attached hydrogen (secondary N) is 2. The van der Waals surface area contributed by atoms with E-state index in [0.29, 0.717) is 6.42 Å². The monoisotopic (exact) mass is 300 g/mol. The maximum absolute atomic E-state index is 12.5. The van der Waals surface area contributed by atoms with E-state index < -0.39 is 18.6 Å². The highest BCUT2D eigenvalue weighted by molar-refractivity contribution is 6.06. The van der Waals surface area contributed by atoms with Gasteiger partial charge in [0.25, 0.3) is 0 Å². The molecular formula is C13H14F2N2O4. The first-order valence-electron chi connectivity index (χ1n) is 6.24. The number of carbonyl (C=O) groups excluding carboxylic acids is 2. The van der Waals surface area contributed by atoms with Gasteiger partial charge in [-0.15, -0.1) is 0 Å². The summed E-state index contributed by atoms with van der Waals surface area (Å²) in [5, 5.41) is 5.39. The molecule has 0 saturated carbocycles. The average Bonchev–Trinajstić information content (AvgIpc) is 2.44.